The van der Waals surface area contributed by atoms with E-state index < -0.39 is 0 Å². The molecule has 0 saturated heterocycles. The van der Waals surface area contributed by atoms with Crippen LogP contribution < -0.4 is 0 Å². The number of hydrogen-bond donors (Lipinski definition) is 1. The van der Waals surface area contributed by atoms with Crippen LogP contribution in [0.5, 0.6) is 0 Å². The molecule has 0 bridgehead atoms. The van der Waals surface area contributed by atoms with E-state index in [0.717, 1.165) is 0 Å². The Morgan fingerprint density at radius 2 is 2.27 bits per heavy atom. The highest BCUT2D eigenvalue weighted by Crippen LogP contribution is 2.03. The normalized spacial score (nSPS) is 12.5. The van der Waals surface area contributed by atoms with Crippen molar-refractivity contribution in [2.75, 3.05) is 6.61 Å². The Bertz CT molecular complexity index is 131. The number of rotatable bonds is 6. The molecule has 0 aromatic heterocycles. The van der Waals surface area contributed by atoms with E-state index in [1.807, 2.05) is 0 Å². The summed E-state index contributed by atoms with van der Waals surface area (Å²) in [7, 11) is 0. The molecule has 0 aromatic rings. The number of aliphatic hydroxyl groups is 1. The van der Waals surface area contributed by atoms with Crippen molar-refractivity contribution in [2.24, 2.45) is 5.92 Å². The molecule has 63 valence electrons. The molecule has 1 atom stereocenters. The SMILES string of the molecule is CC(CO)CC(=O)CC[C]=O. The van der Waals surface area contributed by atoms with Crippen LogP contribution in [-0.4, -0.2) is 23.8 Å². The zero-order valence-corrected chi connectivity index (χ0v) is 6.67. The van der Waals surface area contributed by atoms with E-state index >= 15 is 0 Å². The molecule has 0 rings (SSSR count). The van der Waals surface area contributed by atoms with Gasteiger partial charge in [-0.1, -0.05) is 6.92 Å². The Labute approximate surface area is 66.4 Å². The van der Waals surface area contributed by atoms with Gasteiger partial charge >= 0.3 is 0 Å². The monoisotopic (exact) mass is 157 g/mol. The Morgan fingerprint density at radius 1 is 1.64 bits per heavy atom. The van der Waals surface area contributed by atoms with Gasteiger partial charge in [-0.3, -0.25) is 9.59 Å². The Balaban J connectivity index is 3.43. The van der Waals surface area contributed by atoms with Crippen LogP contribution in [0.4, 0.5) is 0 Å². The first-order valence-corrected chi connectivity index (χ1v) is 3.68. The topological polar surface area (TPSA) is 54.4 Å². The molecule has 11 heavy (non-hydrogen) atoms. The van der Waals surface area contributed by atoms with Gasteiger partial charge in [0.15, 0.2) is 6.29 Å². The van der Waals surface area contributed by atoms with Crippen molar-refractivity contribution in [1.29, 1.82) is 0 Å². The molecule has 0 amide bonds. The molecule has 0 aliphatic heterocycles. The van der Waals surface area contributed by atoms with Crippen molar-refractivity contribution in [1.82, 2.24) is 0 Å². The smallest absolute Gasteiger partial charge is 0.198 e. The summed E-state index contributed by atoms with van der Waals surface area (Å²) in [6.45, 7) is 1.82. The second kappa shape index (κ2) is 6.04. The minimum Gasteiger partial charge on any atom is -0.396 e. The maximum atomic E-state index is 10.9. The molecule has 3 heteroatoms. The van der Waals surface area contributed by atoms with Crippen molar-refractivity contribution in [2.45, 2.75) is 26.2 Å². The molecule has 0 spiro atoms. The largest absolute Gasteiger partial charge is 0.396 e. The number of carbonyl (C=O) groups excluding carboxylic acids is 2. The molecule has 0 heterocycles. The average molecular weight is 157 g/mol. The van der Waals surface area contributed by atoms with E-state index in [-0.39, 0.29) is 31.1 Å². The first-order valence-electron chi connectivity index (χ1n) is 3.68. The predicted molar refractivity (Wildman–Crippen MR) is 40.8 cm³/mol. The summed E-state index contributed by atoms with van der Waals surface area (Å²) >= 11 is 0. The van der Waals surface area contributed by atoms with Gasteiger partial charge in [0.25, 0.3) is 0 Å². The van der Waals surface area contributed by atoms with Crippen LogP contribution in [0.25, 0.3) is 0 Å². The summed E-state index contributed by atoms with van der Waals surface area (Å²) in [6.07, 6.45) is 2.45. The lowest BCUT2D eigenvalue weighted by atomic mass is 10.0. The van der Waals surface area contributed by atoms with Crippen LogP contribution in [0.2, 0.25) is 0 Å². The zero-order chi connectivity index (χ0) is 8.69. The van der Waals surface area contributed by atoms with E-state index in [2.05, 4.69) is 0 Å². The Morgan fingerprint density at radius 3 is 2.73 bits per heavy atom. The minimum absolute atomic E-state index is 0.00847. The van der Waals surface area contributed by atoms with Gasteiger partial charge in [-0.15, -0.1) is 0 Å². The van der Waals surface area contributed by atoms with Crippen LogP contribution in [0.3, 0.4) is 0 Å². The van der Waals surface area contributed by atoms with Gasteiger partial charge in [-0.05, 0) is 5.92 Å². The van der Waals surface area contributed by atoms with Crippen LogP contribution in [0.1, 0.15) is 26.2 Å². The molecule has 0 aromatic carbocycles. The number of carbonyl (C=O) groups is 1. The van der Waals surface area contributed by atoms with Crippen LogP contribution in [0.15, 0.2) is 0 Å². The second-order valence-electron chi connectivity index (χ2n) is 2.67. The third-order valence-electron chi connectivity index (χ3n) is 1.39. The van der Waals surface area contributed by atoms with Crippen molar-refractivity contribution in [3.05, 3.63) is 0 Å². The molecule has 1 radical (unpaired) electrons. The number of hydrogen-bond acceptors (Lipinski definition) is 3. The van der Waals surface area contributed by atoms with Gasteiger partial charge in [0.1, 0.15) is 5.78 Å². The lowest BCUT2D eigenvalue weighted by molar-refractivity contribution is -0.120. The average Bonchev–Trinajstić information content (AvgIpc) is 2.00. The highest BCUT2D eigenvalue weighted by atomic mass is 16.3. The third-order valence-corrected chi connectivity index (χ3v) is 1.39. The molecule has 0 aliphatic carbocycles. The van der Waals surface area contributed by atoms with Gasteiger partial charge in [0.05, 0.1) is 0 Å². The lowest BCUT2D eigenvalue weighted by Crippen LogP contribution is -2.08. The molecule has 1 N–H and O–H groups in total. The summed E-state index contributed by atoms with van der Waals surface area (Å²) in [5, 5.41) is 8.58. The standard InChI is InChI=1S/C8H13O3/c1-7(6-10)5-8(11)3-2-4-9/h7,10H,2-3,5-6H2,1H3. The fourth-order valence-electron chi connectivity index (χ4n) is 0.746. The summed E-state index contributed by atoms with van der Waals surface area (Å²) in [5.74, 6) is 0.0315. The molecule has 0 fully saturated rings. The van der Waals surface area contributed by atoms with Crippen molar-refractivity contribution in [3.63, 3.8) is 0 Å². The first kappa shape index (κ1) is 10.3. The van der Waals surface area contributed by atoms with Crippen molar-refractivity contribution >= 4 is 12.1 Å². The van der Waals surface area contributed by atoms with Crippen LogP contribution >= 0.6 is 0 Å². The minimum atomic E-state index is 0.00847. The van der Waals surface area contributed by atoms with E-state index in [1.54, 1.807) is 13.2 Å². The molecular formula is C8H13O3. The van der Waals surface area contributed by atoms with Gasteiger partial charge in [-0.2, -0.15) is 0 Å². The first-order chi connectivity index (χ1) is 5.20. The maximum Gasteiger partial charge on any atom is 0.198 e. The van der Waals surface area contributed by atoms with Crippen LogP contribution in [-0.2, 0) is 9.59 Å². The fraction of sp³-hybridized carbons (Fsp3) is 0.750. The maximum absolute atomic E-state index is 10.9. The molecule has 1 unspecified atom stereocenters. The van der Waals surface area contributed by atoms with Gasteiger partial charge in [0, 0.05) is 25.9 Å². The predicted octanol–water partition coefficient (Wildman–Crippen LogP) is 0.464. The highest BCUT2D eigenvalue weighted by molar-refractivity contribution is 5.80. The van der Waals surface area contributed by atoms with Gasteiger partial charge < -0.3 is 5.11 Å². The fourth-order valence-corrected chi connectivity index (χ4v) is 0.746. The number of ketones is 1. The number of aliphatic hydroxyl groups excluding tert-OH is 1. The van der Waals surface area contributed by atoms with E-state index in [9.17, 15) is 9.59 Å². The Hall–Kier alpha value is -0.700. The second-order valence-corrected chi connectivity index (χ2v) is 2.67. The molecular weight excluding hydrogens is 144 g/mol. The quantitative estimate of drug-likeness (QED) is 0.609. The van der Waals surface area contributed by atoms with Crippen molar-refractivity contribution < 1.29 is 14.7 Å². The van der Waals surface area contributed by atoms with Gasteiger partial charge in [-0.25, -0.2) is 0 Å². The van der Waals surface area contributed by atoms with E-state index in [4.69, 9.17) is 5.11 Å². The molecule has 3 nitrogen and oxygen atoms in total. The Kier molecular flexibility index (Phi) is 5.65. The van der Waals surface area contributed by atoms with E-state index in [0.29, 0.717) is 6.42 Å². The lowest BCUT2D eigenvalue weighted by Gasteiger charge is -2.04. The van der Waals surface area contributed by atoms with Crippen molar-refractivity contribution in [3.8, 4) is 0 Å². The zero-order valence-electron chi connectivity index (χ0n) is 6.67. The summed E-state index contributed by atoms with van der Waals surface area (Å²) in [6, 6.07) is 0. The van der Waals surface area contributed by atoms with E-state index in [1.165, 1.54) is 0 Å². The molecule has 0 aliphatic rings. The molecule has 0 saturated carbocycles. The number of Topliss-reactive ketones (excluding diaryl/α,β-unsaturated/α-hetero) is 1. The summed E-state index contributed by atoms with van der Waals surface area (Å²) < 4.78 is 0. The summed E-state index contributed by atoms with van der Waals surface area (Å²) in [4.78, 5) is 20.6. The van der Waals surface area contributed by atoms with Crippen LogP contribution in [0, 0.1) is 5.92 Å². The highest BCUT2D eigenvalue weighted by Gasteiger charge is 2.07. The van der Waals surface area contributed by atoms with Gasteiger partial charge in [0.2, 0.25) is 0 Å². The summed E-state index contributed by atoms with van der Waals surface area (Å²) in [5.41, 5.74) is 0. The third kappa shape index (κ3) is 5.73.